The van der Waals surface area contributed by atoms with E-state index in [1.165, 1.54) is 32.1 Å². The Morgan fingerprint density at radius 2 is 2.12 bits per heavy atom. The van der Waals surface area contributed by atoms with Crippen LogP contribution in [0, 0.1) is 0 Å². The van der Waals surface area contributed by atoms with Crippen molar-refractivity contribution < 1.29 is 0 Å². The molecule has 1 aliphatic carbocycles. The molecular formula is C12H20N4. The first-order valence-electron chi connectivity index (χ1n) is 6.20. The Morgan fingerprint density at radius 3 is 2.81 bits per heavy atom. The fourth-order valence-corrected chi connectivity index (χ4v) is 2.32. The lowest BCUT2D eigenvalue weighted by Gasteiger charge is -2.20. The van der Waals surface area contributed by atoms with Crippen LogP contribution >= 0.6 is 0 Å². The van der Waals surface area contributed by atoms with Gasteiger partial charge in [0.25, 0.3) is 0 Å². The third-order valence-electron chi connectivity index (χ3n) is 3.15. The summed E-state index contributed by atoms with van der Waals surface area (Å²) in [6.07, 6.45) is 9.02. The van der Waals surface area contributed by atoms with E-state index in [0.717, 1.165) is 11.5 Å². The molecule has 2 N–H and O–H groups in total. The van der Waals surface area contributed by atoms with E-state index in [2.05, 4.69) is 15.2 Å². The van der Waals surface area contributed by atoms with E-state index < -0.39 is 0 Å². The molecule has 0 amide bonds. The van der Waals surface area contributed by atoms with Crippen LogP contribution in [0.25, 0.3) is 0 Å². The number of aromatic nitrogens is 3. The summed E-state index contributed by atoms with van der Waals surface area (Å²) in [6, 6.07) is 0.100. The van der Waals surface area contributed by atoms with Gasteiger partial charge in [0, 0.05) is 18.4 Å². The predicted octanol–water partition coefficient (Wildman–Crippen LogP) is 1.81. The van der Waals surface area contributed by atoms with E-state index >= 15 is 0 Å². The molecule has 1 aromatic rings. The first kappa shape index (κ1) is 11.5. The normalized spacial score (nSPS) is 19.6. The molecule has 0 radical (unpaired) electrons. The minimum absolute atomic E-state index is 0.100. The maximum atomic E-state index is 5.75. The summed E-state index contributed by atoms with van der Waals surface area (Å²) < 4.78 is 0. The number of hydrogen-bond donors (Lipinski definition) is 1. The quantitative estimate of drug-likeness (QED) is 0.843. The molecule has 0 saturated heterocycles. The smallest absolute Gasteiger partial charge is 0.152 e. The second-order valence-corrected chi connectivity index (χ2v) is 4.81. The van der Waals surface area contributed by atoms with Crippen molar-refractivity contribution in [3.63, 3.8) is 0 Å². The van der Waals surface area contributed by atoms with Crippen LogP contribution in [0.15, 0.2) is 6.20 Å². The summed E-state index contributed by atoms with van der Waals surface area (Å²) in [4.78, 5) is 4.58. The van der Waals surface area contributed by atoms with Gasteiger partial charge in [0.05, 0.1) is 11.9 Å². The second kappa shape index (κ2) is 5.34. The van der Waals surface area contributed by atoms with E-state index in [1.54, 1.807) is 0 Å². The highest BCUT2D eigenvalue weighted by Gasteiger charge is 2.17. The highest BCUT2D eigenvalue weighted by molar-refractivity contribution is 5.05. The minimum Gasteiger partial charge on any atom is -0.328 e. The molecule has 4 nitrogen and oxygen atoms in total. The van der Waals surface area contributed by atoms with Gasteiger partial charge in [-0.15, -0.1) is 5.10 Å². The third-order valence-corrected chi connectivity index (χ3v) is 3.15. The Labute approximate surface area is 96.7 Å². The predicted molar refractivity (Wildman–Crippen MR) is 63.0 cm³/mol. The molecule has 1 unspecified atom stereocenters. The van der Waals surface area contributed by atoms with Crippen LogP contribution in [0.1, 0.15) is 56.5 Å². The van der Waals surface area contributed by atoms with Gasteiger partial charge in [0.15, 0.2) is 5.82 Å². The maximum absolute atomic E-state index is 5.75. The molecule has 1 fully saturated rings. The van der Waals surface area contributed by atoms with Gasteiger partial charge in [-0.25, -0.2) is 4.98 Å². The molecule has 1 aliphatic rings. The van der Waals surface area contributed by atoms with Gasteiger partial charge < -0.3 is 5.73 Å². The van der Waals surface area contributed by atoms with Crippen molar-refractivity contribution in [1.29, 1.82) is 0 Å². The van der Waals surface area contributed by atoms with Crippen LogP contribution in [0.5, 0.6) is 0 Å². The fourth-order valence-electron chi connectivity index (χ4n) is 2.32. The summed E-state index contributed by atoms with van der Waals surface area (Å²) in [5.41, 5.74) is 6.86. The van der Waals surface area contributed by atoms with Crippen molar-refractivity contribution >= 4 is 0 Å². The molecule has 88 valence electrons. The van der Waals surface area contributed by atoms with E-state index in [-0.39, 0.29) is 6.04 Å². The number of rotatable bonds is 3. The molecule has 0 bridgehead atoms. The molecule has 0 spiro atoms. The standard InChI is InChI=1S/C12H20N4/c1-9(13)7-12-15-11(8-14-16-12)10-5-3-2-4-6-10/h8-10H,2-7,13H2,1H3. The lowest BCUT2D eigenvalue weighted by atomic mass is 9.87. The van der Waals surface area contributed by atoms with Crippen LogP contribution in [-0.2, 0) is 6.42 Å². The number of hydrogen-bond acceptors (Lipinski definition) is 4. The lowest BCUT2D eigenvalue weighted by molar-refractivity contribution is 0.433. The van der Waals surface area contributed by atoms with Crippen LogP contribution < -0.4 is 5.73 Å². The zero-order valence-electron chi connectivity index (χ0n) is 9.89. The largest absolute Gasteiger partial charge is 0.328 e. The summed E-state index contributed by atoms with van der Waals surface area (Å²) in [5, 5.41) is 8.08. The van der Waals surface area contributed by atoms with Crippen molar-refractivity contribution in [3.8, 4) is 0 Å². The van der Waals surface area contributed by atoms with Gasteiger partial charge in [-0.3, -0.25) is 0 Å². The Bertz CT molecular complexity index is 332. The van der Waals surface area contributed by atoms with Crippen molar-refractivity contribution in [2.45, 2.75) is 57.4 Å². The molecule has 1 heterocycles. The first-order chi connectivity index (χ1) is 7.75. The summed E-state index contributed by atoms with van der Waals surface area (Å²) in [6.45, 7) is 1.97. The van der Waals surface area contributed by atoms with E-state index in [9.17, 15) is 0 Å². The van der Waals surface area contributed by atoms with Crippen LogP contribution in [0.3, 0.4) is 0 Å². The zero-order valence-corrected chi connectivity index (χ0v) is 9.89. The monoisotopic (exact) mass is 220 g/mol. The van der Waals surface area contributed by atoms with Gasteiger partial charge in [0.2, 0.25) is 0 Å². The fraction of sp³-hybridized carbons (Fsp3) is 0.750. The van der Waals surface area contributed by atoms with Gasteiger partial charge in [-0.05, 0) is 19.8 Å². The van der Waals surface area contributed by atoms with Crippen LogP contribution in [0.4, 0.5) is 0 Å². The van der Waals surface area contributed by atoms with Gasteiger partial charge in [-0.1, -0.05) is 19.3 Å². The Kier molecular flexibility index (Phi) is 3.83. The van der Waals surface area contributed by atoms with Gasteiger partial charge in [-0.2, -0.15) is 5.10 Å². The molecule has 1 aromatic heterocycles. The van der Waals surface area contributed by atoms with Gasteiger partial charge >= 0.3 is 0 Å². The molecule has 4 heteroatoms. The Balaban J connectivity index is 2.08. The number of nitrogens with two attached hydrogens (primary N) is 1. The molecule has 2 rings (SSSR count). The van der Waals surface area contributed by atoms with E-state index in [4.69, 9.17) is 5.73 Å². The molecule has 1 atom stereocenters. The Hall–Kier alpha value is -1.03. The Morgan fingerprint density at radius 1 is 1.38 bits per heavy atom. The topological polar surface area (TPSA) is 64.7 Å². The van der Waals surface area contributed by atoms with Crippen molar-refractivity contribution in [3.05, 3.63) is 17.7 Å². The molecule has 0 aromatic carbocycles. The molecule has 16 heavy (non-hydrogen) atoms. The van der Waals surface area contributed by atoms with Crippen molar-refractivity contribution in [2.75, 3.05) is 0 Å². The average Bonchev–Trinajstić information content (AvgIpc) is 2.30. The summed E-state index contributed by atoms with van der Waals surface area (Å²) >= 11 is 0. The van der Waals surface area contributed by atoms with Crippen LogP contribution in [-0.4, -0.2) is 21.2 Å². The highest BCUT2D eigenvalue weighted by atomic mass is 15.1. The third kappa shape index (κ3) is 2.98. The average molecular weight is 220 g/mol. The van der Waals surface area contributed by atoms with Gasteiger partial charge in [0.1, 0.15) is 0 Å². The SMILES string of the molecule is CC(N)Cc1nncc(C2CCCCC2)n1. The zero-order chi connectivity index (χ0) is 11.4. The lowest BCUT2D eigenvalue weighted by Crippen LogP contribution is -2.20. The first-order valence-corrected chi connectivity index (χ1v) is 6.20. The maximum Gasteiger partial charge on any atom is 0.152 e. The highest BCUT2D eigenvalue weighted by Crippen LogP contribution is 2.30. The van der Waals surface area contributed by atoms with Crippen LogP contribution in [0.2, 0.25) is 0 Å². The summed E-state index contributed by atoms with van der Waals surface area (Å²) in [7, 11) is 0. The summed E-state index contributed by atoms with van der Waals surface area (Å²) in [5.74, 6) is 1.38. The molecular weight excluding hydrogens is 200 g/mol. The molecule has 1 saturated carbocycles. The van der Waals surface area contributed by atoms with Crippen molar-refractivity contribution in [1.82, 2.24) is 15.2 Å². The number of nitrogens with zero attached hydrogens (tertiary/aromatic N) is 3. The molecule has 0 aliphatic heterocycles. The van der Waals surface area contributed by atoms with E-state index in [0.29, 0.717) is 12.3 Å². The minimum atomic E-state index is 0.100. The van der Waals surface area contributed by atoms with E-state index in [1.807, 2.05) is 13.1 Å². The van der Waals surface area contributed by atoms with Crippen molar-refractivity contribution in [2.24, 2.45) is 5.73 Å². The second-order valence-electron chi connectivity index (χ2n) is 4.81.